The molecule has 2 atom stereocenters. The van der Waals surface area contributed by atoms with Crippen molar-refractivity contribution in [3.63, 3.8) is 0 Å². The molecule has 1 aliphatic rings. The van der Waals surface area contributed by atoms with Gasteiger partial charge >= 0.3 is 0 Å². The molecule has 2 unspecified atom stereocenters. The molecule has 1 aromatic heterocycles. The van der Waals surface area contributed by atoms with Crippen molar-refractivity contribution in [3.05, 3.63) is 17.5 Å². The fourth-order valence-corrected chi connectivity index (χ4v) is 1.80. The molecule has 0 amide bonds. The van der Waals surface area contributed by atoms with Crippen molar-refractivity contribution in [2.75, 3.05) is 0 Å². The Morgan fingerprint density at radius 3 is 3.36 bits per heavy atom. The molecule has 0 saturated heterocycles. The highest BCUT2D eigenvalue weighted by molar-refractivity contribution is 5.23. The highest BCUT2D eigenvalue weighted by Gasteiger charge is 2.22. The molecule has 3 heteroatoms. The fraction of sp³-hybridized carbons (Fsp3) is 0.625. The van der Waals surface area contributed by atoms with Crippen LogP contribution in [0.3, 0.4) is 0 Å². The van der Waals surface area contributed by atoms with E-state index in [2.05, 4.69) is 17.1 Å². The summed E-state index contributed by atoms with van der Waals surface area (Å²) in [5, 5.41) is 6.97. The van der Waals surface area contributed by atoms with E-state index in [0.29, 0.717) is 5.92 Å². The van der Waals surface area contributed by atoms with Gasteiger partial charge in [0.2, 0.25) is 0 Å². The highest BCUT2D eigenvalue weighted by Crippen LogP contribution is 2.29. The second-order valence-corrected chi connectivity index (χ2v) is 3.46. The van der Waals surface area contributed by atoms with Crippen molar-refractivity contribution >= 4 is 0 Å². The number of hydrogen-bond donors (Lipinski definition) is 2. The molecule has 0 radical (unpaired) electrons. The van der Waals surface area contributed by atoms with E-state index >= 15 is 0 Å². The standard InChI is InChI=1S/C8H13N3/c1-5-2-7(9)6-4-10-11-8(6)3-5/h4-5,7H,2-3,9H2,1H3,(H,10,11). The van der Waals surface area contributed by atoms with Gasteiger partial charge in [-0.25, -0.2) is 0 Å². The average molecular weight is 151 g/mol. The van der Waals surface area contributed by atoms with E-state index in [1.165, 1.54) is 11.3 Å². The third-order valence-corrected chi connectivity index (χ3v) is 2.36. The van der Waals surface area contributed by atoms with Crippen LogP contribution in [0.2, 0.25) is 0 Å². The molecule has 0 saturated carbocycles. The van der Waals surface area contributed by atoms with Crippen LogP contribution in [0.15, 0.2) is 6.20 Å². The number of rotatable bonds is 0. The summed E-state index contributed by atoms with van der Waals surface area (Å²) in [4.78, 5) is 0. The minimum absolute atomic E-state index is 0.201. The summed E-state index contributed by atoms with van der Waals surface area (Å²) in [6, 6.07) is 0.201. The average Bonchev–Trinajstić information content (AvgIpc) is 2.34. The van der Waals surface area contributed by atoms with E-state index < -0.39 is 0 Å². The third kappa shape index (κ3) is 1.05. The van der Waals surface area contributed by atoms with Crippen LogP contribution in [0.1, 0.15) is 30.6 Å². The number of nitrogens with zero attached hydrogens (tertiary/aromatic N) is 1. The number of aromatic nitrogens is 2. The summed E-state index contributed by atoms with van der Waals surface area (Å²) in [7, 11) is 0. The summed E-state index contributed by atoms with van der Waals surface area (Å²) in [5.74, 6) is 0.693. The SMILES string of the molecule is CC1Cc2[nH]ncc2C(N)C1. The Kier molecular flexibility index (Phi) is 1.46. The predicted octanol–water partition coefficient (Wildman–Crippen LogP) is 0.992. The second-order valence-electron chi connectivity index (χ2n) is 3.46. The predicted molar refractivity (Wildman–Crippen MR) is 43.0 cm³/mol. The van der Waals surface area contributed by atoms with Crippen LogP contribution in [-0.4, -0.2) is 10.2 Å². The number of H-pyrrole nitrogens is 1. The Bertz CT molecular complexity index is 254. The molecule has 60 valence electrons. The lowest BCUT2D eigenvalue weighted by molar-refractivity contribution is 0.435. The number of fused-ring (bicyclic) bond motifs is 1. The lowest BCUT2D eigenvalue weighted by Crippen LogP contribution is -2.21. The number of hydrogen-bond acceptors (Lipinski definition) is 2. The Morgan fingerprint density at radius 1 is 1.73 bits per heavy atom. The quantitative estimate of drug-likeness (QED) is 0.581. The Morgan fingerprint density at radius 2 is 2.55 bits per heavy atom. The molecule has 1 aliphatic carbocycles. The largest absolute Gasteiger partial charge is 0.324 e. The van der Waals surface area contributed by atoms with Crippen molar-refractivity contribution in [2.45, 2.75) is 25.8 Å². The van der Waals surface area contributed by atoms with Gasteiger partial charge in [0.05, 0.1) is 6.20 Å². The third-order valence-electron chi connectivity index (χ3n) is 2.36. The normalized spacial score (nSPS) is 30.0. The summed E-state index contributed by atoms with van der Waals surface area (Å²) >= 11 is 0. The first-order valence-electron chi connectivity index (χ1n) is 4.05. The maximum atomic E-state index is 5.92. The summed E-state index contributed by atoms with van der Waals surface area (Å²) in [6.45, 7) is 2.23. The van der Waals surface area contributed by atoms with Crippen LogP contribution >= 0.6 is 0 Å². The molecule has 3 N–H and O–H groups in total. The Balaban J connectivity index is 2.36. The minimum Gasteiger partial charge on any atom is -0.324 e. The zero-order valence-corrected chi connectivity index (χ0v) is 6.67. The topological polar surface area (TPSA) is 54.7 Å². The monoisotopic (exact) mass is 151 g/mol. The smallest absolute Gasteiger partial charge is 0.0537 e. The van der Waals surface area contributed by atoms with E-state index in [9.17, 15) is 0 Å². The molecular formula is C8H13N3. The van der Waals surface area contributed by atoms with Crippen molar-refractivity contribution in [3.8, 4) is 0 Å². The van der Waals surface area contributed by atoms with Gasteiger partial charge in [-0.1, -0.05) is 6.92 Å². The Hall–Kier alpha value is -0.830. The van der Waals surface area contributed by atoms with Crippen LogP contribution in [0.4, 0.5) is 0 Å². The lowest BCUT2D eigenvalue weighted by atomic mass is 9.86. The van der Waals surface area contributed by atoms with Gasteiger partial charge in [-0.3, -0.25) is 5.10 Å². The van der Waals surface area contributed by atoms with Gasteiger partial charge in [0.25, 0.3) is 0 Å². The number of aromatic amines is 1. The molecule has 0 spiro atoms. The molecule has 1 aromatic rings. The lowest BCUT2D eigenvalue weighted by Gasteiger charge is -2.22. The highest BCUT2D eigenvalue weighted by atomic mass is 15.1. The van der Waals surface area contributed by atoms with E-state index in [1.807, 2.05) is 6.20 Å². The van der Waals surface area contributed by atoms with Gasteiger partial charge in [0.15, 0.2) is 0 Å². The van der Waals surface area contributed by atoms with Gasteiger partial charge in [0, 0.05) is 17.3 Å². The van der Waals surface area contributed by atoms with Crippen molar-refractivity contribution < 1.29 is 0 Å². The van der Waals surface area contributed by atoms with Gasteiger partial charge in [-0.15, -0.1) is 0 Å². The van der Waals surface area contributed by atoms with Crippen molar-refractivity contribution in [1.29, 1.82) is 0 Å². The fourth-order valence-electron chi connectivity index (χ4n) is 1.80. The maximum Gasteiger partial charge on any atom is 0.0537 e. The first-order valence-corrected chi connectivity index (χ1v) is 4.05. The minimum atomic E-state index is 0.201. The molecule has 0 aliphatic heterocycles. The number of nitrogens with two attached hydrogens (primary N) is 1. The molecule has 0 bridgehead atoms. The molecule has 2 rings (SSSR count). The zero-order valence-electron chi connectivity index (χ0n) is 6.67. The molecule has 0 fully saturated rings. The van der Waals surface area contributed by atoms with Crippen LogP contribution in [0.5, 0.6) is 0 Å². The zero-order chi connectivity index (χ0) is 7.84. The van der Waals surface area contributed by atoms with E-state index in [1.54, 1.807) is 0 Å². The van der Waals surface area contributed by atoms with Crippen LogP contribution in [0, 0.1) is 5.92 Å². The van der Waals surface area contributed by atoms with E-state index in [-0.39, 0.29) is 6.04 Å². The molecule has 0 aromatic carbocycles. The molecule has 11 heavy (non-hydrogen) atoms. The summed E-state index contributed by atoms with van der Waals surface area (Å²) < 4.78 is 0. The van der Waals surface area contributed by atoms with Crippen molar-refractivity contribution in [1.82, 2.24) is 10.2 Å². The van der Waals surface area contributed by atoms with Gasteiger partial charge in [0.1, 0.15) is 0 Å². The van der Waals surface area contributed by atoms with Crippen LogP contribution < -0.4 is 5.73 Å². The van der Waals surface area contributed by atoms with Gasteiger partial charge in [-0.2, -0.15) is 5.10 Å². The summed E-state index contributed by atoms with van der Waals surface area (Å²) in [6.07, 6.45) is 4.04. The van der Waals surface area contributed by atoms with Crippen LogP contribution in [0.25, 0.3) is 0 Å². The Labute approximate surface area is 66.0 Å². The van der Waals surface area contributed by atoms with Gasteiger partial charge < -0.3 is 5.73 Å². The second kappa shape index (κ2) is 2.34. The number of nitrogens with one attached hydrogen (secondary N) is 1. The first kappa shape index (κ1) is 6.85. The van der Waals surface area contributed by atoms with Gasteiger partial charge in [-0.05, 0) is 18.8 Å². The van der Waals surface area contributed by atoms with E-state index in [4.69, 9.17) is 5.73 Å². The molecule has 3 nitrogen and oxygen atoms in total. The van der Waals surface area contributed by atoms with Crippen molar-refractivity contribution in [2.24, 2.45) is 11.7 Å². The molecule has 1 heterocycles. The first-order chi connectivity index (χ1) is 5.27. The van der Waals surface area contributed by atoms with Crippen LogP contribution in [-0.2, 0) is 6.42 Å². The maximum absolute atomic E-state index is 5.92. The molecular weight excluding hydrogens is 138 g/mol. The van der Waals surface area contributed by atoms with E-state index in [0.717, 1.165) is 12.8 Å². The summed E-state index contributed by atoms with van der Waals surface area (Å²) in [5.41, 5.74) is 8.37.